The van der Waals surface area contributed by atoms with Crippen LogP contribution in [0.15, 0.2) is 53.4 Å². The van der Waals surface area contributed by atoms with Crippen molar-refractivity contribution in [3.63, 3.8) is 0 Å². The van der Waals surface area contributed by atoms with Gasteiger partial charge in [0, 0.05) is 0 Å². The number of carbonyl (C=O) groups excluding carboxylic acids is 1. The molecule has 2 aromatic carbocycles. The van der Waals surface area contributed by atoms with Crippen molar-refractivity contribution in [3.05, 3.63) is 54.1 Å². The van der Waals surface area contributed by atoms with Gasteiger partial charge < -0.3 is 10.1 Å². The van der Waals surface area contributed by atoms with Crippen molar-refractivity contribution >= 4 is 21.4 Å². The van der Waals surface area contributed by atoms with Crippen LogP contribution in [0.1, 0.15) is 12.5 Å². The first-order valence-electron chi connectivity index (χ1n) is 7.66. The maximum absolute atomic E-state index is 12.1. The van der Waals surface area contributed by atoms with Gasteiger partial charge in [0.1, 0.15) is 5.75 Å². The summed E-state index contributed by atoms with van der Waals surface area (Å²) in [6.07, 6.45) is 0.309. The second-order valence-electron chi connectivity index (χ2n) is 5.22. The zero-order chi connectivity index (χ0) is 18.3. The summed E-state index contributed by atoms with van der Waals surface area (Å²) in [5.74, 6) is -0.0167. The van der Waals surface area contributed by atoms with Crippen molar-refractivity contribution in [2.45, 2.75) is 18.2 Å². The molecular formula is C18H18N2O4S. The van der Waals surface area contributed by atoms with E-state index >= 15 is 0 Å². The second kappa shape index (κ2) is 8.31. The average Bonchev–Trinajstić information content (AvgIpc) is 2.62. The van der Waals surface area contributed by atoms with Gasteiger partial charge in [0.05, 0.1) is 28.8 Å². The quantitative estimate of drug-likeness (QED) is 0.820. The third-order valence-corrected chi connectivity index (χ3v) is 5.24. The second-order valence-corrected chi connectivity index (χ2v) is 7.46. The molecule has 7 heteroatoms. The summed E-state index contributed by atoms with van der Waals surface area (Å²) in [5.41, 5.74) is 1.10. The van der Waals surface area contributed by atoms with Gasteiger partial charge in [-0.25, -0.2) is 8.42 Å². The zero-order valence-electron chi connectivity index (χ0n) is 13.7. The molecule has 0 aliphatic rings. The number of hydrogen-bond acceptors (Lipinski definition) is 5. The normalized spacial score (nSPS) is 10.7. The number of nitriles is 1. The number of hydrogen-bond donors (Lipinski definition) is 1. The molecule has 0 saturated heterocycles. The summed E-state index contributed by atoms with van der Waals surface area (Å²) in [5, 5.41) is 11.2. The van der Waals surface area contributed by atoms with Gasteiger partial charge in [0.2, 0.25) is 0 Å². The Hall–Kier alpha value is -2.85. The number of amides is 1. The highest BCUT2D eigenvalue weighted by molar-refractivity contribution is 7.91. The van der Waals surface area contributed by atoms with Gasteiger partial charge in [-0.3, -0.25) is 4.79 Å². The molecule has 0 saturated carbocycles. The number of carbonyl (C=O) groups is 1. The predicted octanol–water partition coefficient (Wildman–Crippen LogP) is 2.56. The van der Waals surface area contributed by atoms with Gasteiger partial charge in [-0.2, -0.15) is 5.26 Å². The first kappa shape index (κ1) is 18.5. The van der Waals surface area contributed by atoms with E-state index in [2.05, 4.69) is 5.32 Å². The molecular weight excluding hydrogens is 340 g/mol. The molecule has 25 heavy (non-hydrogen) atoms. The molecule has 1 amide bonds. The molecule has 0 aliphatic heterocycles. The molecule has 0 aromatic heterocycles. The van der Waals surface area contributed by atoms with Crippen LogP contribution in [0.2, 0.25) is 0 Å². The Kier molecular flexibility index (Phi) is 6.14. The van der Waals surface area contributed by atoms with E-state index in [4.69, 9.17) is 10.00 Å². The van der Waals surface area contributed by atoms with E-state index in [1.807, 2.05) is 6.07 Å². The molecule has 2 aromatic rings. The number of benzene rings is 2. The average molecular weight is 358 g/mol. The maximum atomic E-state index is 12.1. The summed E-state index contributed by atoms with van der Waals surface area (Å²) >= 11 is 0. The molecule has 0 heterocycles. The minimum atomic E-state index is -3.43. The SMILES string of the molecule is CCS(=O)(=O)c1ccccc1NC(=O)COc1ccc(CC#N)cc1. The first-order valence-corrected chi connectivity index (χ1v) is 9.32. The van der Waals surface area contributed by atoms with Gasteiger partial charge in [0.25, 0.3) is 5.91 Å². The summed E-state index contributed by atoms with van der Waals surface area (Å²) in [4.78, 5) is 12.1. The molecule has 0 atom stereocenters. The summed E-state index contributed by atoms with van der Waals surface area (Å²) < 4.78 is 29.5. The van der Waals surface area contributed by atoms with Gasteiger partial charge in [-0.05, 0) is 29.8 Å². The molecule has 1 N–H and O–H groups in total. The number of nitrogens with zero attached hydrogens (tertiary/aromatic N) is 1. The molecule has 130 valence electrons. The Morgan fingerprint density at radius 3 is 2.48 bits per heavy atom. The fourth-order valence-corrected chi connectivity index (χ4v) is 3.18. The van der Waals surface area contributed by atoms with Crippen LogP contribution >= 0.6 is 0 Å². The largest absolute Gasteiger partial charge is 0.484 e. The van der Waals surface area contributed by atoms with E-state index < -0.39 is 15.7 Å². The topological polar surface area (TPSA) is 96.3 Å². The third kappa shape index (κ3) is 5.06. The smallest absolute Gasteiger partial charge is 0.262 e. The minimum absolute atomic E-state index is 0.0502. The molecule has 0 bridgehead atoms. The lowest BCUT2D eigenvalue weighted by atomic mass is 10.2. The van der Waals surface area contributed by atoms with E-state index in [0.29, 0.717) is 12.2 Å². The van der Waals surface area contributed by atoms with Crippen LogP contribution in [-0.2, 0) is 21.1 Å². The van der Waals surface area contributed by atoms with Crippen molar-refractivity contribution in [2.24, 2.45) is 0 Å². The summed E-state index contributed by atoms with van der Waals surface area (Å²) in [7, 11) is -3.43. The van der Waals surface area contributed by atoms with E-state index in [0.717, 1.165) is 5.56 Å². The van der Waals surface area contributed by atoms with E-state index in [1.165, 1.54) is 12.1 Å². The monoisotopic (exact) mass is 358 g/mol. The van der Waals surface area contributed by atoms with E-state index in [-0.39, 0.29) is 22.9 Å². The molecule has 6 nitrogen and oxygen atoms in total. The van der Waals surface area contributed by atoms with Crippen LogP contribution in [0.5, 0.6) is 5.75 Å². The molecule has 0 aliphatic carbocycles. The number of anilines is 1. The highest BCUT2D eigenvalue weighted by atomic mass is 32.2. The van der Waals surface area contributed by atoms with Crippen LogP contribution in [0, 0.1) is 11.3 Å². The molecule has 0 radical (unpaired) electrons. The number of nitrogens with one attached hydrogen (secondary N) is 1. The predicted molar refractivity (Wildman–Crippen MR) is 94.1 cm³/mol. The molecule has 2 rings (SSSR count). The van der Waals surface area contributed by atoms with Gasteiger partial charge in [-0.1, -0.05) is 31.2 Å². The van der Waals surface area contributed by atoms with Crippen molar-refractivity contribution in [3.8, 4) is 11.8 Å². The first-order chi connectivity index (χ1) is 12.0. The van der Waals surface area contributed by atoms with Crippen LogP contribution in [0.4, 0.5) is 5.69 Å². The van der Waals surface area contributed by atoms with Crippen LogP contribution in [0.25, 0.3) is 0 Å². The maximum Gasteiger partial charge on any atom is 0.262 e. The van der Waals surface area contributed by atoms with Crippen LogP contribution < -0.4 is 10.1 Å². The van der Waals surface area contributed by atoms with Crippen molar-refractivity contribution in [1.82, 2.24) is 0 Å². The lowest BCUT2D eigenvalue weighted by Gasteiger charge is -2.11. The minimum Gasteiger partial charge on any atom is -0.484 e. The van der Waals surface area contributed by atoms with E-state index in [9.17, 15) is 13.2 Å². The lowest BCUT2D eigenvalue weighted by Crippen LogP contribution is -2.21. The van der Waals surface area contributed by atoms with E-state index in [1.54, 1.807) is 43.3 Å². The highest BCUT2D eigenvalue weighted by Crippen LogP contribution is 2.22. The molecule has 0 unspecified atom stereocenters. The van der Waals surface area contributed by atoms with Crippen LogP contribution in [-0.4, -0.2) is 26.7 Å². The van der Waals surface area contributed by atoms with Gasteiger partial charge >= 0.3 is 0 Å². The Labute approximate surface area is 147 Å². The molecule has 0 fully saturated rings. The van der Waals surface area contributed by atoms with Crippen molar-refractivity contribution in [1.29, 1.82) is 5.26 Å². The zero-order valence-corrected chi connectivity index (χ0v) is 14.5. The third-order valence-electron chi connectivity index (χ3n) is 3.45. The number of ether oxygens (including phenoxy) is 1. The van der Waals surface area contributed by atoms with Gasteiger partial charge in [0.15, 0.2) is 16.4 Å². The number of sulfone groups is 1. The van der Waals surface area contributed by atoms with Gasteiger partial charge in [-0.15, -0.1) is 0 Å². The number of rotatable bonds is 7. The lowest BCUT2D eigenvalue weighted by molar-refractivity contribution is -0.118. The van der Waals surface area contributed by atoms with Crippen molar-refractivity contribution < 1.29 is 17.9 Å². The summed E-state index contributed by atoms with van der Waals surface area (Å²) in [6.45, 7) is 1.30. The Morgan fingerprint density at radius 1 is 1.16 bits per heavy atom. The fourth-order valence-electron chi connectivity index (χ4n) is 2.13. The number of para-hydroxylation sites is 1. The fraction of sp³-hybridized carbons (Fsp3) is 0.222. The standard InChI is InChI=1S/C18H18N2O4S/c1-2-25(22,23)17-6-4-3-5-16(17)20-18(21)13-24-15-9-7-14(8-10-15)11-12-19/h3-10H,2,11,13H2,1H3,(H,20,21). The Bertz CT molecular complexity index is 884. The highest BCUT2D eigenvalue weighted by Gasteiger charge is 2.17. The summed E-state index contributed by atoms with van der Waals surface area (Å²) in [6, 6.07) is 15.2. The van der Waals surface area contributed by atoms with Crippen LogP contribution in [0.3, 0.4) is 0 Å². The molecule has 0 spiro atoms. The Balaban J connectivity index is 2.01. The Morgan fingerprint density at radius 2 is 1.84 bits per heavy atom. The van der Waals surface area contributed by atoms with Crippen molar-refractivity contribution in [2.75, 3.05) is 17.7 Å².